The minimum Gasteiger partial charge on any atom is -0.352 e. The number of benzene rings is 1. The van der Waals surface area contributed by atoms with Gasteiger partial charge in [-0.3, -0.25) is 4.79 Å². The number of rotatable bonds is 8. The lowest BCUT2D eigenvalue weighted by Gasteiger charge is -2.15. The van der Waals surface area contributed by atoms with Gasteiger partial charge in [0.1, 0.15) is 4.21 Å². The second-order valence-corrected chi connectivity index (χ2v) is 8.85. The van der Waals surface area contributed by atoms with E-state index in [9.17, 15) is 13.2 Å². The van der Waals surface area contributed by atoms with Gasteiger partial charge in [0, 0.05) is 26.6 Å². The van der Waals surface area contributed by atoms with Crippen LogP contribution >= 0.6 is 11.3 Å². The van der Waals surface area contributed by atoms with Crippen LogP contribution in [0.5, 0.6) is 0 Å². The van der Waals surface area contributed by atoms with Crippen LogP contribution in [0.4, 0.5) is 0 Å². The molecule has 0 radical (unpaired) electrons. The molecule has 1 aromatic carbocycles. The predicted octanol–water partition coefficient (Wildman–Crippen LogP) is 2.77. The summed E-state index contributed by atoms with van der Waals surface area (Å²) in [5.41, 5.74) is 2.21. The second-order valence-electron chi connectivity index (χ2n) is 5.63. The topological polar surface area (TPSA) is 66.5 Å². The molecule has 0 spiro atoms. The Morgan fingerprint density at radius 2 is 2.04 bits per heavy atom. The van der Waals surface area contributed by atoms with E-state index in [1.165, 1.54) is 15.6 Å². The smallest absolute Gasteiger partial charge is 0.252 e. The average molecular weight is 367 g/mol. The van der Waals surface area contributed by atoms with E-state index >= 15 is 0 Å². The first-order chi connectivity index (χ1) is 11.4. The highest BCUT2D eigenvalue weighted by Crippen LogP contribution is 2.19. The highest BCUT2D eigenvalue weighted by molar-refractivity contribution is 7.91. The molecule has 0 aliphatic heterocycles. The van der Waals surface area contributed by atoms with Gasteiger partial charge in [-0.2, -0.15) is 0 Å². The van der Waals surface area contributed by atoms with Crippen LogP contribution in [-0.4, -0.2) is 32.2 Å². The zero-order chi connectivity index (χ0) is 17.6. The van der Waals surface area contributed by atoms with E-state index in [1.807, 2.05) is 31.2 Å². The number of hydrogen-bond acceptors (Lipinski definition) is 4. The normalized spacial score (nSPS) is 11.6. The van der Waals surface area contributed by atoms with Gasteiger partial charge in [0.25, 0.3) is 10.0 Å². The molecule has 1 aromatic heterocycles. The average Bonchev–Trinajstić information content (AvgIpc) is 3.08. The summed E-state index contributed by atoms with van der Waals surface area (Å²) >= 11 is 1.20. The summed E-state index contributed by atoms with van der Waals surface area (Å²) in [6.07, 6.45) is 0.789. The number of sulfonamides is 1. The molecule has 5 nitrogen and oxygen atoms in total. The van der Waals surface area contributed by atoms with E-state index in [1.54, 1.807) is 24.6 Å². The molecule has 130 valence electrons. The van der Waals surface area contributed by atoms with Crippen LogP contribution in [0.15, 0.2) is 46.0 Å². The second kappa shape index (κ2) is 8.41. The molecule has 0 aliphatic carbocycles. The fourth-order valence-corrected chi connectivity index (χ4v) is 4.67. The van der Waals surface area contributed by atoms with Crippen molar-refractivity contribution in [3.8, 4) is 0 Å². The van der Waals surface area contributed by atoms with Crippen LogP contribution in [-0.2, 0) is 21.4 Å². The van der Waals surface area contributed by atoms with E-state index in [0.717, 1.165) is 11.1 Å². The predicted molar refractivity (Wildman–Crippen MR) is 96.4 cm³/mol. The first-order valence-corrected chi connectivity index (χ1v) is 10.0. The van der Waals surface area contributed by atoms with Gasteiger partial charge in [0.2, 0.25) is 5.91 Å². The molecule has 0 unspecified atom stereocenters. The number of nitrogens with zero attached hydrogens (tertiary/aromatic N) is 1. The quantitative estimate of drug-likeness (QED) is 0.781. The third-order valence-corrected chi connectivity index (χ3v) is 6.84. The molecule has 0 atom stereocenters. The Labute approximate surface area is 147 Å². The van der Waals surface area contributed by atoms with Crippen LogP contribution in [0.2, 0.25) is 0 Å². The molecule has 7 heteroatoms. The number of hydrogen-bond donors (Lipinski definition) is 1. The van der Waals surface area contributed by atoms with Crippen molar-refractivity contribution < 1.29 is 13.2 Å². The molecule has 1 heterocycles. The molecular weight excluding hydrogens is 344 g/mol. The van der Waals surface area contributed by atoms with E-state index in [0.29, 0.717) is 30.1 Å². The van der Waals surface area contributed by atoms with Gasteiger partial charge in [0.05, 0.1) is 0 Å². The van der Waals surface area contributed by atoms with E-state index in [4.69, 9.17) is 0 Å². The zero-order valence-electron chi connectivity index (χ0n) is 13.9. The van der Waals surface area contributed by atoms with Gasteiger partial charge < -0.3 is 5.32 Å². The maximum absolute atomic E-state index is 12.2. The summed E-state index contributed by atoms with van der Waals surface area (Å²) in [4.78, 5) is 11.9. The monoisotopic (exact) mass is 366 g/mol. The molecule has 0 fully saturated rings. The summed E-state index contributed by atoms with van der Waals surface area (Å²) in [6, 6.07) is 11.3. The lowest BCUT2D eigenvalue weighted by Crippen LogP contribution is -2.29. The number of thiophene rings is 1. The van der Waals surface area contributed by atoms with Gasteiger partial charge in [-0.15, -0.1) is 11.3 Å². The van der Waals surface area contributed by atoms with Crippen molar-refractivity contribution in [3.05, 3.63) is 52.9 Å². The van der Waals surface area contributed by atoms with E-state index in [2.05, 4.69) is 5.32 Å². The molecule has 0 saturated carbocycles. The molecule has 1 amide bonds. The molecule has 2 rings (SSSR count). The SMILES string of the molecule is Cc1cccc(CNC(=O)CCCN(C)S(=O)(=O)c2cccs2)c1. The van der Waals surface area contributed by atoms with Gasteiger partial charge in [-0.05, 0) is 30.4 Å². The third-order valence-electron chi connectivity index (χ3n) is 3.61. The molecule has 24 heavy (non-hydrogen) atoms. The summed E-state index contributed by atoms with van der Waals surface area (Å²) in [5, 5.41) is 4.60. The zero-order valence-corrected chi connectivity index (χ0v) is 15.5. The number of amides is 1. The van der Waals surface area contributed by atoms with Crippen molar-refractivity contribution in [1.29, 1.82) is 0 Å². The Bertz CT molecular complexity index is 771. The van der Waals surface area contributed by atoms with Gasteiger partial charge in [-0.1, -0.05) is 35.9 Å². The summed E-state index contributed by atoms with van der Waals surface area (Å²) in [7, 11) is -1.89. The van der Waals surface area contributed by atoms with Crippen molar-refractivity contribution in [3.63, 3.8) is 0 Å². The highest BCUT2D eigenvalue weighted by atomic mass is 32.2. The maximum Gasteiger partial charge on any atom is 0.252 e. The number of carbonyl (C=O) groups is 1. The lowest BCUT2D eigenvalue weighted by atomic mass is 10.1. The van der Waals surface area contributed by atoms with Gasteiger partial charge in [0.15, 0.2) is 0 Å². The Morgan fingerprint density at radius 1 is 1.25 bits per heavy atom. The number of nitrogens with one attached hydrogen (secondary N) is 1. The first-order valence-electron chi connectivity index (χ1n) is 7.71. The first kappa shape index (κ1) is 18.6. The van der Waals surface area contributed by atoms with Crippen molar-refractivity contribution in [2.45, 2.75) is 30.5 Å². The Morgan fingerprint density at radius 3 is 2.71 bits per heavy atom. The van der Waals surface area contributed by atoms with Gasteiger partial charge >= 0.3 is 0 Å². The minimum absolute atomic E-state index is 0.0709. The van der Waals surface area contributed by atoms with Crippen LogP contribution in [0.1, 0.15) is 24.0 Å². The van der Waals surface area contributed by atoms with Crippen molar-refractivity contribution in [2.75, 3.05) is 13.6 Å². The largest absolute Gasteiger partial charge is 0.352 e. The number of aryl methyl sites for hydroxylation is 1. The van der Waals surface area contributed by atoms with E-state index < -0.39 is 10.0 Å². The van der Waals surface area contributed by atoms with Gasteiger partial charge in [-0.25, -0.2) is 12.7 Å². The number of carbonyl (C=O) groups excluding carboxylic acids is 1. The molecule has 1 N–H and O–H groups in total. The Kier molecular flexibility index (Phi) is 6.53. The van der Waals surface area contributed by atoms with E-state index in [-0.39, 0.29) is 5.91 Å². The Balaban J connectivity index is 1.74. The molecule has 2 aromatic rings. The molecular formula is C17H22N2O3S2. The van der Waals surface area contributed by atoms with Crippen molar-refractivity contribution >= 4 is 27.3 Å². The molecule has 0 bridgehead atoms. The standard InChI is InChI=1S/C17H22N2O3S2/c1-14-6-3-7-15(12-14)13-18-16(20)8-4-10-19(2)24(21,22)17-9-5-11-23-17/h3,5-7,9,11-12H,4,8,10,13H2,1-2H3,(H,18,20). The fourth-order valence-electron chi connectivity index (χ4n) is 2.26. The molecule has 0 saturated heterocycles. The van der Waals surface area contributed by atoms with Crippen LogP contribution < -0.4 is 5.32 Å². The third kappa shape index (κ3) is 5.15. The van der Waals surface area contributed by atoms with Crippen LogP contribution in [0.3, 0.4) is 0 Å². The lowest BCUT2D eigenvalue weighted by molar-refractivity contribution is -0.121. The highest BCUT2D eigenvalue weighted by Gasteiger charge is 2.21. The summed E-state index contributed by atoms with van der Waals surface area (Å²) in [6.45, 7) is 2.82. The summed E-state index contributed by atoms with van der Waals surface area (Å²) in [5.74, 6) is -0.0709. The van der Waals surface area contributed by atoms with Crippen molar-refractivity contribution in [2.24, 2.45) is 0 Å². The minimum atomic E-state index is -3.43. The fraction of sp³-hybridized carbons (Fsp3) is 0.353. The van der Waals surface area contributed by atoms with Crippen LogP contribution in [0.25, 0.3) is 0 Å². The summed E-state index contributed by atoms with van der Waals surface area (Å²) < 4.78 is 26.1. The molecule has 0 aliphatic rings. The maximum atomic E-state index is 12.2. The van der Waals surface area contributed by atoms with Crippen LogP contribution in [0, 0.1) is 6.92 Å². The van der Waals surface area contributed by atoms with Crippen molar-refractivity contribution in [1.82, 2.24) is 9.62 Å². The Hall–Kier alpha value is -1.70.